The van der Waals surface area contributed by atoms with Gasteiger partial charge in [-0.2, -0.15) is 15.5 Å². The summed E-state index contributed by atoms with van der Waals surface area (Å²) in [6.07, 6.45) is -1.21. The third kappa shape index (κ3) is 3.32. The highest BCUT2D eigenvalue weighted by Gasteiger charge is 2.24. The molecule has 0 amide bonds. The Morgan fingerprint density at radius 1 is 1.06 bits per heavy atom. The average Bonchev–Trinajstić information content (AvgIpc) is 3.23. The van der Waals surface area contributed by atoms with E-state index in [1.807, 2.05) is 36.4 Å². The number of hydrogen-bond donors (Lipinski definition) is 2. The molecule has 0 fully saturated rings. The summed E-state index contributed by atoms with van der Waals surface area (Å²) in [5.41, 5.74) is 8.24. The van der Waals surface area contributed by atoms with Crippen molar-refractivity contribution in [2.45, 2.75) is 12.5 Å². The summed E-state index contributed by atoms with van der Waals surface area (Å²) in [5.74, 6) is 0. The molecule has 168 valence electrons. The molecular weight excluding hydrogens is 438 g/mol. The van der Waals surface area contributed by atoms with Gasteiger partial charge >= 0.3 is 0 Å². The Kier molecular flexibility index (Phi) is 5.15. The molecule has 0 bridgehead atoms. The number of nitrogens with zero attached hydrogens (tertiary/aromatic N) is 4. The SMILES string of the molecule is Cn1ncc(-c2ccc3c(=O)[nH]nc([C@H](N)C(F)F)c3c2)c1-c1ccc2ccccc2c1C#N. The lowest BCUT2D eigenvalue weighted by molar-refractivity contribution is 0.115. The summed E-state index contributed by atoms with van der Waals surface area (Å²) in [4.78, 5) is 12.3. The molecule has 0 unspecified atom stereocenters. The van der Waals surface area contributed by atoms with E-state index in [9.17, 15) is 18.8 Å². The van der Waals surface area contributed by atoms with Crippen molar-refractivity contribution in [1.82, 2.24) is 20.0 Å². The van der Waals surface area contributed by atoms with Gasteiger partial charge in [-0.15, -0.1) is 0 Å². The lowest BCUT2D eigenvalue weighted by Gasteiger charge is -2.14. The number of halogens is 2. The van der Waals surface area contributed by atoms with Crippen LogP contribution in [0.15, 0.2) is 65.6 Å². The summed E-state index contributed by atoms with van der Waals surface area (Å²) < 4.78 is 28.4. The van der Waals surface area contributed by atoms with E-state index >= 15 is 0 Å². The number of fused-ring (bicyclic) bond motifs is 2. The van der Waals surface area contributed by atoms with Gasteiger partial charge in [-0.3, -0.25) is 9.48 Å². The van der Waals surface area contributed by atoms with Crippen LogP contribution in [0.3, 0.4) is 0 Å². The number of alkyl halides is 2. The number of hydrogen-bond acceptors (Lipinski definition) is 5. The zero-order valence-electron chi connectivity index (χ0n) is 18.0. The van der Waals surface area contributed by atoms with Gasteiger partial charge in [-0.05, 0) is 23.1 Å². The maximum absolute atomic E-state index is 13.4. The molecule has 34 heavy (non-hydrogen) atoms. The molecule has 5 aromatic rings. The molecule has 0 aliphatic heterocycles. The fourth-order valence-corrected chi connectivity index (χ4v) is 4.28. The first-order valence-corrected chi connectivity index (χ1v) is 10.4. The van der Waals surface area contributed by atoms with Gasteiger partial charge in [-0.1, -0.05) is 42.5 Å². The van der Waals surface area contributed by atoms with Gasteiger partial charge in [0.1, 0.15) is 12.1 Å². The minimum Gasteiger partial charge on any atom is -0.318 e. The van der Waals surface area contributed by atoms with Gasteiger partial charge in [0.25, 0.3) is 12.0 Å². The van der Waals surface area contributed by atoms with E-state index in [0.717, 1.165) is 10.8 Å². The summed E-state index contributed by atoms with van der Waals surface area (Å²) in [5, 5.41) is 22.6. The zero-order chi connectivity index (χ0) is 24.0. The third-order valence-electron chi connectivity index (χ3n) is 5.95. The first kappa shape index (κ1) is 21.4. The van der Waals surface area contributed by atoms with Crippen molar-refractivity contribution in [3.05, 3.63) is 82.4 Å². The molecule has 1 atom stereocenters. The molecule has 0 radical (unpaired) electrons. The summed E-state index contributed by atoms with van der Waals surface area (Å²) >= 11 is 0. The highest BCUT2D eigenvalue weighted by molar-refractivity contribution is 5.97. The fraction of sp³-hybridized carbons (Fsp3) is 0.120. The first-order chi connectivity index (χ1) is 16.4. The van der Waals surface area contributed by atoms with Gasteiger partial charge in [-0.25, -0.2) is 13.9 Å². The normalized spacial score (nSPS) is 12.4. The number of nitriles is 1. The number of benzene rings is 3. The Morgan fingerprint density at radius 2 is 1.85 bits per heavy atom. The van der Waals surface area contributed by atoms with Crippen LogP contribution in [0.1, 0.15) is 17.3 Å². The molecule has 3 aromatic carbocycles. The van der Waals surface area contributed by atoms with Gasteiger partial charge in [0.15, 0.2) is 0 Å². The van der Waals surface area contributed by atoms with Crippen molar-refractivity contribution in [2.24, 2.45) is 12.8 Å². The number of rotatable bonds is 4. The quantitative estimate of drug-likeness (QED) is 0.419. The predicted octanol–water partition coefficient (Wildman–Crippen LogP) is 4.28. The van der Waals surface area contributed by atoms with Crippen LogP contribution >= 0.6 is 0 Å². The van der Waals surface area contributed by atoms with Crippen LogP contribution in [-0.4, -0.2) is 26.4 Å². The second-order valence-corrected chi connectivity index (χ2v) is 7.91. The zero-order valence-corrected chi connectivity index (χ0v) is 18.0. The van der Waals surface area contributed by atoms with E-state index < -0.39 is 18.0 Å². The minimum absolute atomic E-state index is 0.0969. The fourth-order valence-electron chi connectivity index (χ4n) is 4.28. The average molecular weight is 456 g/mol. The molecule has 0 saturated heterocycles. The second-order valence-electron chi connectivity index (χ2n) is 7.91. The van der Waals surface area contributed by atoms with Crippen LogP contribution in [0.2, 0.25) is 0 Å². The maximum Gasteiger partial charge on any atom is 0.272 e. The van der Waals surface area contributed by atoms with E-state index in [1.165, 1.54) is 0 Å². The number of aromatic amines is 1. The number of aryl methyl sites for hydroxylation is 1. The standard InChI is InChI=1S/C25H18F2N6O/c1-33-23(16-8-6-13-4-2-3-5-15(13)19(16)11-28)20(12-30-33)14-7-9-17-18(10-14)22(21(29)24(26)27)31-32-25(17)34/h2-10,12,21,24H,29H2,1H3,(H,32,34)/t21-/m0/s1. The van der Waals surface area contributed by atoms with E-state index in [2.05, 4.69) is 21.4 Å². The van der Waals surface area contributed by atoms with Crippen LogP contribution in [0.5, 0.6) is 0 Å². The van der Waals surface area contributed by atoms with Crippen LogP contribution < -0.4 is 11.3 Å². The van der Waals surface area contributed by atoms with Crippen LogP contribution in [0.25, 0.3) is 43.9 Å². The molecule has 7 nitrogen and oxygen atoms in total. The van der Waals surface area contributed by atoms with Crippen LogP contribution in [0, 0.1) is 11.3 Å². The Bertz CT molecular complexity index is 1660. The highest BCUT2D eigenvalue weighted by Crippen LogP contribution is 2.37. The molecule has 0 aliphatic carbocycles. The van der Waals surface area contributed by atoms with Crippen molar-refractivity contribution in [1.29, 1.82) is 5.26 Å². The van der Waals surface area contributed by atoms with Crippen molar-refractivity contribution >= 4 is 21.5 Å². The number of nitrogens with one attached hydrogen (secondary N) is 1. The minimum atomic E-state index is -2.85. The van der Waals surface area contributed by atoms with Crippen molar-refractivity contribution in [2.75, 3.05) is 0 Å². The van der Waals surface area contributed by atoms with Crippen LogP contribution in [-0.2, 0) is 7.05 Å². The summed E-state index contributed by atoms with van der Waals surface area (Å²) in [6.45, 7) is 0. The topological polar surface area (TPSA) is 113 Å². The molecule has 0 spiro atoms. The summed E-state index contributed by atoms with van der Waals surface area (Å²) in [7, 11) is 1.76. The molecule has 0 saturated carbocycles. The monoisotopic (exact) mass is 456 g/mol. The molecule has 2 heterocycles. The maximum atomic E-state index is 13.4. The molecule has 2 aromatic heterocycles. The van der Waals surface area contributed by atoms with Crippen molar-refractivity contribution < 1.29 is 8.78 Å². The molecular formula is C25H18F2N6O. The van der Waals surface area contributed by atoms with Gasteiger partial charge in [0, 0.05) is 28.9 Å². The molecule has 3 N–H and O–H groups in total. The number of nitrogens with two attached hydrogens (primary N) is 1. The lowest BCUT2D eigenvalue weighted by atomic mass is 9.93. The highest BCUT2D eigenvalue weighted by atomic mass is 19.3. The lowest BCUT2D eigenvalue weighted by Crippen LogP contribution is -2.23. The van der Waals surface area contributed by atoms with E-state index in [0.29, 0.717) is 27.9 Å². The third-order valence-corrected chi connectivity index (χ3v) is 5.95. The Labute approximate surface area is 192 Å². The number of aromatic nitrogens is 4. The summed E-state index contributed by atoms with van der Waals surface area (Å²) in [6, 6.07) is 16.9. The predicted molar refractivity (Wildman–Crippen MR) is 125 cm³/mol. The van der Waals surface area contributed by atoms with Gasteiger partial charge in [0.05, 0.1) is 28.5 Å². The smallest absolute Gasteiger partial charge is 0.272 e. The Balaban J connectivity index is 1.77. The largest absolute Gasteiger partial charge is 0.318 e. The second kappa shape index (κ2) is 8.17. The van der Waals surface area contributed by atoms with Gasteiger partial charge in [0.2, 0.25) is 0 Å². The van der Waals surface area contributed by atoms with Gasteiger partial charge < -0.3 is 5.73 Å². The Morgan fingerprint density at radius 3 is 2.62 bits per heavy atom. The Hall–Kier alpha value is -4.42. The molecule has 5 rings (SSSR count). The van der Waals surface area contributed by atoms with E-state index in [1.54, 1.807) is 36.1 Å². The van der Waals surface area contributed by atoms with Crippen molar-refractivity contribution in [3.63, 3.8) is 0 Å². The van der Waals surface area contributed by atoms with E-state index in [-0.39, 0.29) is 16.5 Å². The first-order valence-electron chi connectivity index (χ1n) is 10.4. The molecule has 0 aliphatic rings. The van der Waals surface area contributed by atoms with E-state index in [4.69, 9.17) is 5.73 Å². The number of H-pyrrole nitrogens is 1. The van der Waals surface area contributed by atoms with Crippen LogP contribution in [0.4, 0.5) is 8.78 Å². The van der Waals surface area contributed by atoms with Crippen molar-refractivity contribution in [3.8, 4) is 28.5 Å². The molecule has 9 heteroatoms.